The molecule has 1 aliphatic heterocycles. The molecule has 1 saturated heterocycles. The Hall–Kier alpha value is -3.94. The van der Waals surface area contributed by atoms with Crippen molar-refractivity contribution in [2.24, 2.45) is 0 Å². The lowest BCUT2D eigenvalue weighted by Gasteiger charge is -2.21. The monoisotopic (exact) mass is 448 g/mol. The highest BCUT2D eigenvalue weighted by atomic mass is 19.1. The van der Waals surface area contributed by atoms with Gasteiger partial charge in [0.1, 0.15) is 12.4 Å². The van der Waals surface area contributed by atoms with Crippen LogP contribution >= 0.6 is 0 Å². The number of ether oxygens (including phenoxy) is 1. The fourth-order valence-electron chi connectivity index (χ4n) is 3.69. The first-order valence-corrected chi connectivity index (χ1v) is 10.8. The van der Waals surface area contributed by atoms with E-state index in [1.165, 1.54) is 12.1 Å². The SMILES string of the molecule is O=C(Nc1ccc(CNC(=O)c2cc(F)ccc2N2CCCC2)cc1)OCc1cccnc1. The summed E-state index contributed by atoms with van der Waals surface area (Å²) in [5, 5.41) is 5.51. The van der Waals surface area contributed by atoms with Crippen LogP contribution in [0.4, 0.5) is 20.6 Å². The molecular formula is C25H25FN4O3. The predicted octanol–water partition coefficient (Wildman–Crippen LogP) is 4.50. The fourth-order valence-corrected chi connectivity index (χ4v) is 3.69. The molecule has 33 heavy (non-hydrogen) atoms. The number of rotatable bonds is 7. The van der Waals surface area contributed by atoms with E-state index in [4.69, 9.17) is 4.74 Å². The van der Waals surface area contributed by atoms with E-state index < -0.39 is 11.9 Å². The molecule has 0 spiro atoms. The number of benzene rings is 2. The first-order valence-electron chi connectivity index (χ1n) is 10.8. The summed E-state index contributed by atoms with van der Waals surface area (Å²) in [7, 11) is 0. The van der Waals surface area contributed by atoms with Gasteiger partial charge in [-0.2, -0.15) is 0 Å². The number of halogens is 1. The lowest BCUT2D eigenvalue weighted by Crippen LogP contribution is -2.27. The van der Waals surface area contributed by atoms with Crippen molar-refractivity contribution in [1.29, 1.82) is 0 Å². The summed E-state index contributed by atoms with van der Waals surface area (Å²) in [6.45, 7) is 2.14. The zero-order valence-electron chi connectivity index (χ0n) is 18.1. The standard InChI is InChI=1S/C25H25FN4O3/c26-20-7-10-23(30-12-1-2-13-30)22(14-20)24(31)28-16-18-5-8-21(9-6-18)29-25(32)33-17-19-4-3-11-27-15-19/h3-11,14-15H,1-2,12-13,16-17H2,(H,28,31)(H,29,32). The second kappa shape index (κ2) is 10.6. The summed E-state index contributed by atoms with van der Waals surface area (Å²) in [5.41, 5.74) is 3.31. The summed E-state index contributed by atoms with van der Waals surface area (Å²) in [5.74, 6) is -0.758. The van der Waals surface area contributed by atoms with Crippen molar-refractivity contribution in [3.63, 3.8) is 0 Å². The topological polar surface area (TPSA) is 83.6 Å². The van der Waals surface area contributed by atoms with Gasteiger partial charge in [-0.25, -0.2) is 9.18 Å². The normalized spacial score (nSPS) is 12.9. The number of aromatic nitrogens is 1. The summed E-state index contributed by atoms with van der Waals surface area (Å²) in [6, 6.07) is 15.0. The first kappa shape index (κ1) is 22.3. The average molecular weight is 448 g/mol. The van der Waals surface area contributed by atoms with Gasteiger partial charge in [-0.3, -0.25) is 15.1 Å². The van der Waals surface area contributed by atoms with Gasteiger partial charge in [0.05, 0.1) is 5.56 Å². The molecule has 0 aliphatic carbocycles. The van der Waals surface area contributed by atoms with Gasteiger partial charge >= 0.3 is 6.09 Å². The third-order valence-electron chi connectivity index (χ3n) is 5.40. The van der Waals surface area contributed by atoms with E-state index in [9.17, 15) is 14.0 Å². The van der Waals surface area contributed by atoms with Crippen LogP contribution in [0.5, 0.6) is 0 Å². The third-order valence-corrected chi connectivity index (χ3v) is 5.40. The van der Waals surface area contributed by atoms with E-state index in [2.05, 4.69) is 20.5 Å². The summed E-state index contributed by atoms with van der Waals surface area (Å²) < 4.78 is 19.0. The molecule has 0 unspecified atom stereocenters. The van der Waals surface area contributed by atoms with Crippen molar-refractivity contribution in [2.75, 3.05) is 23.3 Å². The minimum Gasteiger partial charge on any atom is -0.444 e. The Morgan fingerprint density at radius 2 is 1.82 bits per heavy atom. The molecule has 3 aromatic rings. The number of hydrogen-bond donors (Lipinski definition) is 2. The smallest absolute Gasteiger partial charge is 0.411 e. The zero-order valence-corrected chi connectivity index (χ0v) is 18.1. The molecular weight excluding hydrogens is 423 g/mol. The number of pyridine rings is 1. The molecule has 1 aromatic heterocycles. The molecule has 7 nitrogen and oxygen atoms in total. The van der Waals surface area contributed by atoms with E-state index in [-0.39, 0.29) is 19.1 Å². The van der Waals surface area contributed by atoms with Gasteiger partial charge in [0, 0.05) is 49.0 Å². The molecule has 0 radical (unpaired) electrons. The Kier molecular flexibility index (Phi) is 7.14. The number of carbonyl (C=O) groups excluding carboxylic acids is 2. The van der Waals surface area contributed by atoms with Crippen LogP contribution in [-0.2, 0) is 17.9 Å². The van der Waals surface area contributed by atoms with Gasteiger partial charge in [0.15, 0.2) is 0 Å². The number of amides is 2. The molecule has 2 aromatic carbocycles. The Morgan fingerprint density at radius 3 is 2.55 bits per heavy atom. The Bertz CT molecular complexity index is 1100. The van der Waals surface area contributed by atoms with Crippen LogP contribution < -0.4 is 15.5 Å². The van der Waals surface area contributed by atoms with Crippen LogP contribution in [0.3, 0.4) is 0 Å². The maximum absolute atomic E-state index is 13.8. The molecule has 2 amide bonds. The van der Waals surface area contributed by atoms with Gasteiger partial charge < -0.3 is 15.0 Å². The molecule has 0 bridgehead atoms. The highest BCUT2D eigenvalue weighted by molar-refractivity contribution is 5.99. The molecule has 0 saturated carbocycles. The second-order valence-corrected chi connectivity index (χ2v) is 7.80. The van der Waals surface area contributed by atoms with Crippen LogP contribution in [0.2, 0.25) is 0 Å². The quantitative estimate of drug-likeness (QED) is 0.556. The zero-order chi connectivity index (χ0) is 23.0. The maximum atomic E-state index is 13.8. The fraction of sp³-hybridized carbons (Fsp3) is 0.240. The molecule has 1 aliphatic rings. The Morgan fingerprint density at radius 1 is 1.03 bits per heavy atom. The Labute approximate surface area is 191 Å². The van der Waals surface area contributed by atoms with Crippen LogP contribution in [-0.4, -0.2) is 30.1 Å². The van der Waals surface area contributed by atoms with Crippen LogP contribution in [0, 0.1) is 5.82 Å². The van der Waals surface area contributed by atoms with Crippen molar-refractivity contribution >= 4 is 23.4 Å². The number of hydrogen-bond acceptors (Lipinski definition) is 5. The van der Waals surface area contributed by atoms with Crippen LogP contribution in [0.1, 0.15) is 34.3 Å². The lowest BCUT2D eigenvalue weighted by atomic mass is 10.1. The molecule has 0 atom stereocenters. The lowest BCUT2D eigenvalue weighted by molar-refractivity contribution is 0.0951. The van der Waals surface area contributed by atoms with Crippen LogP contribution in [0.15, 0.2) is 67.0 Å². The minimum absolute atomic E-state index is 0.128. The van der Waals surface area contributed by atoms with Crippen molar-refractivity contribution in [3.05, 3.63) is 89.5 Å². The van der Waals surface area contributed by atoms with Crippen molar-refractivity contribution in [3.8, 4) is 0 Å². The van der Waals surface area contributed by atoms with Crippen molar-refractivity contribution in [1.82, 2.24) is 10.3 Å². The molecule has 8 heteroatoms. The van der Waals surface area contributed by atoms with E-state index in [1.54, 1.807) is 48.8 Å². The largest absolute Gasteiger partial charge is 0.444 e. The van der Waals surface area contributed by atoms with E-state index in [1.807, 2.05) is 6.07 Å². The molecule has 1 fully saturated rings. The summed E-state index contributed by atoms with van der Waals surface area (Å²) >= 11 is 0. The first-order chi connectivity index (χ1) is 16.1. The molecule has 170 valence electrons. The molecule has 4 rings (SSSR count). The number of nitrogens with one attached hydrogen (secondary N) is 2. The van der Waals surface area contributed by atoms with Gasteiger partial charge in [0.25, 0.3) is 5.91 Å². The van der Waals surface area contributed by atoms with Gasteiger partial charge in [-0.1, -0.05) is 18.2 Å². The number of carbonyl (C=O) groups is 2. The average Bonchev–Trinajstić information content (AvgIpc) is 3.37. The second-order valence-electron chi connectivity index (χ2n) is 7.80. The van der Waals surface area contributed by atoms with Crippen molar-refractivity contribution < 1.29 is 18.7 Å². The van der Waals surface area contributed by atoms with Crippen molar-refractivity contribution in [2.45, 2.75) is 26.0 Å². The number of nitrogens with zero attached hydrogens (tertiary/aromatic N) is 2. The van der Waals surface area contributed by atoms with E-state index >= 15 is 0 Å². The Balaban J connectivity index is 1.30. The van der Waals surface area contributed by atoms with E-state index in [0.29, 0.717) is 11.3 Å². The number of anilines is 2. The third kappa shape index (κ3) is 6.06. The predicted molar refractivity (Wildman–Crippen MR) is 124 cm³/mol. The molecule has 2 heterocycles. The summed E-state index contributed by atoms with van der Waals surface area (Å²) in [4.78, 5) is 30.8. The van der Waals surface area contributed by atoms with Crippen LogP contribution in [0.25, 0.3) is 0 Å². The van der Waals surface area contributed by atoms with Gasteiger partial charge in [0.2, 0.25) is 0 Å². The van der Waals surface area contributed by atoms with Gasteiger partial charge in [-0.15, -0.1) is 0 Å². The van der Waals surface area contributed by atoms with E-state index in [0.717, 1.165) is 42.7 Å². The maximum Gasteiger partial charge on any atom is 0.411 e. The highest BCUT2D eigenvalue weighted by Gasteiger charge is 2.20. The summed E-state index contributed by atoms with van der Waals surface area (Å²) in [6.07, 6.45) is 4.85. The molecule has 2 N–H and O–H groups in total. The minimum atomic E-state index is -0.569. The highest BCUT2D eigenvalue weighted by Crippen LogP contribution is 2.25. The van der Waals surface area contributed by atoms with Gasteiger partial charge in [-0.05, 0) is 54.8 Å².